The van der Waals surface area contributed by atoms with Gasteiger partial charge in [-0.2, -0.15) is 26.3 Å². The van der Waals surface area contributed by atoms with E-state index in [0.717, 1.165) is 16.7 Å². The number of aromatic nitrogens is 1. The first-order valence-electron chi connectivity index (χ1n) is 6.33. The number of sulfonamides is 1. The van der Waals surface area contributed by atoms with Crippen LogP contribution in [0.15, 0.2) is 16.6 Å². The van der Waals surface area contributed by atoms with Gasteiger partial charge < -0.3 is 5.32 Å². The third-order valence-corrected chi connectivity index (χ3v) is 5.91. The highest BCUT2D eigenvalue weighted by atomic mass is 32.2. The average Bonchev–Trinajstić information content (AvgIpc) is 2.74. The van der Waals surface area contributed by atoms with Crippen molar-refractivity contribution in [3.8, 4) is 0 Å². The Kier molecular flexibility index (Phi) is 5.71. The van der Waals surface area contributed by atoms with Crippen LogP contribution in [0.3, 0.4) is 0 Å². The zero-order valence-corrected chi connectivity index (χ0v) is 14.7. The van der Waals surface area contributed by atoms with Gasteiger partial charge in [0, 0.05) is 0 Å². The lowest BCUT2D eigenvalue weighted by Gasteiger charge is -2.36. The van der Waals surface area contributed by atoms with Crippen molar-refractivity contribution in [2.45, 2.75) is 42.9 Å². The minimum Gasteiger partial charge on any atom is -0.350 e. The number of aryl methyl sites for hydroxylation is 2. The summed E-state index contributed by atoms with van der Waals surface area (Å²) in [5.41, 5.74) is -2.50. The van der Waals surface area contributed by atoms with Gasteiger partial charge in [-0.25, -0.2) is 13.4 Å². The van der Waals surface area contributed by atoms with Gasteiger partial charge in [0.25, 0.3) is 10.0 Å². The molecule has 1 rings (SSSR count). The summed E-state index contributed by atoms with van der Waals surface area (Å²) in [4.78, 5) is 5.52. The fourth-order valence-electron chi connectivity index (χ4n) is 1.57. The zero-order chi connectivity index (χ0) is 19.8. The lowest BCUT2D eigenvalue weighted by atomic mass is 10.0. The lowest BCUT2D eigenvalue weighted by Crippen LogP contribution is -2.65. The molecular weight excluding hydrogens is 398 g/mol. The van der Waals surface area contributed by atoms with Crippen molar-refractivity contribution in [3.63, 3.8) is 0 Å². The lowest BCUT2D eigenvalue weighted by molar-refractivity contribution is -0.299. The summed E-state index contributed by atoms with van der Waals surface area (Å²) >= 11 is 0.783. The molecule has 1 aromatic rings. The number of alkyl halides is 6. The van der Waals surface area contributed by atoms with Crippen LogP contribution >= 0.6 is 11.3 Å². The monoisotopic (exact) mass is 412 g/mol. The maximum absolute atomic E-state index is 12.8. The van der Waals surface area contributed by atoms with E-state index in [1.165, 1.54) is 13.8 Å². The summed E-state index contributed by atoms with van der Waals surface area (Å²) in [6, 6.07) is 0. The summed E-state index contributed by atoms with van der Waals surface area (Å²) in [6.07, 6.45) is -11.4. The maximum atomic E-state index is 12.8. The fourth-order valence-corrected chi connectivity index (χ4v) is 3.93. The summed E-state index contributed by atoms with van der Waals surface area (Å²) in [5, 5.41) is 1.54. The van der Waals surface area contributed by atoms with Crippen molar-refractivity contribution < 1.29 is 34.8 Å². The molecule has 14 heteroatoms. The molecule has 144 valence electrons. The van der Waals surface area contributed by atoms with Crippen LogP contribution in [0.4, 0.5) is 26.3 Å². The van der Waals surface area contributed by atoms with Crippen LogP contribution in [0.1, 0.15) is 17.6 Å². The smallest absolute Gasteiger partial charge is 0.350 e. The topological polar surface area (TPSA) is 83.1 Å². The van der Waals surface area contributed by atoms with E-state index in [9.17, 15) is 34.8 Å². The molecule has 0 spiro atoms. The molecule has 6 nitrogen and oxygen atoms in total. The molecule has 0 aliphatic heterocycles. The summed E-state index contributed by atoms with van der Waals surface area (Å²) in [6.45, 7) is 5.71. The number of nitrogens with one attached hydrogen (secondary N) is 3. The van der Waals surface area contributed by atoms with Crippen molar-refractivity contribution in [3.05, 3.63) is 23.1 Å². The van der Waals surface area contributed by atoms with Crippen molar-refractivity contribution in [1.29, 1.82) is 0 Å². The minimum absolute atomic E-state index is 0.130. The van der Waals surface area contributed by atoms with Gasteiger partial charge in [-0.15, -0.1) is 16.2 Å². The molecule has 1 aromatic heterocycles. The molecule has 25 heavy (non-hydrogen) atoms. The normalized spacial score (nSPS) is 13.6. The number of hydrogen-bond donors (Lipinski definition) is 3. The molecular formula is C11H14F6N4O2S2. The van der Waals surface area contributed by atoms with Crippen LogP contribution in [0.2, 0.25) is 0 Å². The first kappa shape index (κ1) is 21.5. The van der Waals surface area contributed by atoms with Gasteiger partial charge >= 0.3 is 12.4 Å². The summed E-state index contributed by atoms with van der Waals surface area (Å²) < 4.78 is 100. The molecule has 0 saturated carbocycles. The average molecular weight is 412 g/mol. The SMILES string of the molecule is C=C(NNS(=O)(=O)c1sc(C)nc1C)NC(C)(C(F)(F)F)C(F)(F)F. The van der Waals surface area contributed by atoms with E-state index in [2.05, 4.69) is 11.6 Å². The molecule has 0 aliphatic rings. The molecule has 0 aliphatic carbocycles. The van der Waals surface area contributed by atoms with Gasteiger partial charge in [-0.3, -0.25) is 5.43 Å². The Morgan fingerprint density at radius 2 is 1.60 bits per heavy atom. The quantitative estimate of drug-likeness (QED) is 0.494. The number of hydrogen-bond acceptors (Lipinski definition) is 6. The van der Waals surface area contributed by atoms with Crippen molar-refractivity contribution in [1.82, 2.24) is 20.6 Å². The predicted molar refractivity (Wildman–Crippen MR) is 77.8 cm³/mol. The summed E-state index contributed by atoms with van der Waals surface area (Å²) in [7, 11) is -4.26. The van der Waals surface area contributed by atoms with E-state index in [1.54, 1.807) is 10.3 Å². The Morgan fingerprint density at radius 3 is 1.96 bits per heavy atom. The van der Waals surface area contributed by atoms with Crippen LogP contribution in [0.25, 0.3) is 0 Å². The number of nitrogens with zero attached hydrogens (tertiary/aromatic N) is 1. The highest BCUT2D eigenvalue weighted by Gasteiger charge is 2.68. The summed E-state index contributed by atoms with van der Waals surface area (Å²) in [5.74, 6) is -1.04. The molecule has 0 radical (unpaired) electrons. The van der Waals surface area contributed by atoms with Crippen LogP contribution in [0.5, 0.6) is 0 Å². The Morgan fingerprint density at radius 1 is 1.12 bits per heavy atom. The van der Waals surface area contributed by atoms with Crippen molar-refractivity contribution in [2.75, 3.05) is 0 Å². The third-order valence-electron chi connectivity index (χ3n) is 2.98. The first-order valence-corrected chi connectivity index (χ1v) is 8.63. The molecule has 3 N–H and O–H groups in total. The highest BCUT2D eigenvalue weighted by molar-refractivity contribution is 7.91. The van der Waals surface area contributed by atoms with E-state index in [0.29, 0.717) is 5.01 Å². The van der Waals surface area contributed by atoms with E-state index in [-0.39, 0.29) is 16.8 Å². The van der Waals surface area contributed by atoms with Crippen molar-refractivity contribution >= 4 is 21.4 Å². The number of rotatable bonds is 6. The minimum atomic E-state index is -5.71. The van der Waals surface area contributed by atoms with Crippen molar-refractivity contribution in [2.24, 2.45) is 0 Å². The largest absolute Gasteiger partial charge is 0.420 e. The van der Waals surface area contributed by atoms with Crippen LogP contribution < -0.4 is 15.6 Å². The number of halogens is 6. The second kappa shape index (κ2) is 6.64. The predicted octanol–water partition coefficient (Wildman–Crippen LogP) is 2.49. The second-order valence-electron chi connectivity index (χ2n) is 5.06. The van der Waals surface area contributed by atoms with Gasteiger partial charge in [0.15, 0.2) is 4.21 Å². The van der Waals surface area contributed by atoms with E-state index < -0.39 is 33.7 Å². The molecule has 0 bridgehead atoms. The van der Waals surface area contributed by atoms with Gasteiger partial charge in [0.1, 0.15) is 5.82 Å². The number of thiazole rings is 1. The van der Waals surface area contributed by atoms with Crippen LogP contribution in [-0.4, -0.2) is 31.3 Å². The van der Waals surface area contributed by atoms with E-state index in [1.807, 2.05) is 0 Å². The highest BCUT2D eigenvalue weighted by Crippen LogP contribution is 2.43. The van der Waals surface area contributed by atoms with E-state index >= 15 is 0 Å². The zero-order valence-electron chi connectivity index (χ0n) is 13.1. The van der Waals surface area contributed by atoms with Gasteiger partial charge in [0.05, 0.1) is 10.7 Å². The molecule has 0 aromatic carbocycles. The Labute approximate surface area is 143 Å². The van der Waals surface area contributed by atoms with Gasteiger partial charge in [-0.05, 0) is 20.8 Å². The van der Waals surface area contributed by atoms with Crippen LogP contribution in [-0.2, 0) is 10.0 Å². The Hall–Kier alpha value is -1.54. The molecule has 0 saturated heterocycles. The number of hydrazine groups is 1. The first-order chi connectivity index (χ1) is 11.0. The van der Waals surface area contributed by atoms with Gasteiger partial charge in [-0.1, -0.05) is 6.58 Å². The van der Waals surface area contributed by atoms with E-state index in [4.69, 9.17) is 0 Å². The van der Waals surface area contributed by atoms with Crippen LogP contribution in [0, 0.1) is 13.8 Å². The third kappa shape index (κ3) is 4.55. The molecule has 0 unspecified atom stereocenters. The second-order valence-corrected chi connectivity index (χ2v) is 8.14. The molecule has 0 atom stereocenters. The standard InChI is InChI=1S/C11H14F6N4O2S2/c1-5-8(24-7(3)18-5)25(22,23)21-20-6(2)19-9(4,10(12,13)14)11(15,16)17/h19-21H,2H2,1,3-4H3. The fraction of sp³-hybridized carbons (Fsp3) is 0.545. The van der Waals surface area contributed by atoms with Gasteiger partial charge in [0.2, 0.25) is 5.54 Å². The Bertz CT molecular complexity index is 740. The maximum Gasteiger partial charge on any atom is 0.420 e. The molecule has 1 heterocycles. The molecule has 0 fully saturated rings. The Balaban J connectivity index is 2.91. The molecule has 0 amide bonds.